The summed E-state index contributed by atoms with van der Waals surface area (Å²) in [6.45, 7) is 4.38. The molecule has 0 aromatic heterocycles. The summed E-state index contributed by atoms with van der Waals surface area (Å²) >= 11 is 0. The summed E-state index contributed by atoms with van der Waals surface area (Å²) in [4.78, 5) is 48.6. The van der Waals surface area contributed by atoms with E-state index in [4.69, 9.17) is 23.3 Å². The van der Waals surface area contributed by atoms with E-state index >= 15 is 0 Å². The van der Waals surface area contributed by atoms with Gasteiger partial charge in [-0.15, -0.1) is 0 Å². The number of aliphatic hydroxyl groups is 1. The lowest BCUT2D eigenvalue weighted by molar-refractivity contribution is -0.161. The summed E-state index contributed by atoms with van der Waals surface area (Å²) in [7, 11) is -4.77. The van der Waals surface area contributed by atoms with Crippen LogP contribution in [0.1, 0.15) is 252 Å². The maximum absolute atomic E-state index is 12.9. The fraction of sp³-hybridized carbons (Fsp3) is 0.703. The Morgan fingerprint density at radius 3 is 1.07 bits per heavy atom. The quantitative estimate of drug-likeness (QED) is 0.0197. The number of carbonyl (C=O) groups excluding carboxylic acids is 3. The maximum atomic E-state index is 12.9. The molecule has 12 heteroatoms. The van der Waals surface area contributed by atoms with Gasteiger partial charge in [0.25, 0.3) is 0 Å². The fourth-order valence-electron chi connectivity index (χ4n) is 7.94. The number of hydrogen-bond acceptors (Lipinski definition) is 10. The normalized spacial score (nSPS) is 14.0. The Kier molecular flexibility index (Phi) is 54.8. The van der Waals surface area contributed by atoms with Gasteiger partial charge in [0.1, 0.15) is 12.7 Å². The Bertz CT molecular complexity index is 1640. The number of aliphatic hydroxyl groups excluding tert-OH is 1. The van der Waals surface area contributed by atoms with Gasteiger partial charge in [0, 0.05) is 19.3 Å². The number of rotatable bonds is 55. The summed E-state index contributed by atoms with van der Waals surface area (Å²) < 4.78 is 39.6. The van der Waals surface area contributed by atoms with Crippen LogP contribution in [0, 0.1) is 0 Å². The topological polar surface area (TPSA) is 155 Å². The highest BCUT2D eigenvalue weighted by molar-refractivity contribution is 7.47. The van der Waals surface area contributed by atoms with E-state index in [1.165, 1.54) is 51.4 Å². The minimum absolute atomic E-state index is 0.134. The third kappa shape index (κ3) is 55.2. The van der Waals surface area contributed by atoms with Gasteiger partial charge in [0.15, 0.2) is 6.10 Å². The third-order valence-electron chi connectivity index (χ3n) is 12.5. The fourth-order valence-corrected chi connectivity index (χ4v) is 8.73. The van der Waals surface area contributed by atoms with Gasteiger partial charge in [-0.25, -0.2) is 4.57 Å². The van der Waals surface area contributed by atoms with Crippen molar-refractivity contribution in [2.45, 2.75) is 264 Å². The zero-order valence-electron chi connectivity index (χ0n) is 48.2. The lowest BCUT2D eigenvalue weighted by Crippen LogP contribution is -2.30. The van der Waals surface area contributed by atoms with E-state index in [1.54, 1.807) is 0 Å². The molecule has 0 amide bonds. The molecule has 3 unspecified atom stereocenters. The Morgan fingerprint density at radius 1 is 0.382 bits per heavy atom. The van der Waals surface area contributed by atoms with Crippen molar-refractivity contribution in [3.8, 4) is 0 Å². The Hall–Kier alpha value is -3.60. The molecule has 0 radical (unpaired) electrons. The minimum Gasteiger partial charge on any atom is -0.462 e. The largest absolute Gasteiger partial charge is 0.472 e. The first-order valence-corrected chi connectivity index (χ1v) is 31.6. The van der Waals surface area contributed by atoms with Gasteiger partial charge in [0.2, 0.25) is 0 Å². The van der Waals surface area contributed by atoms with E-state index in [0.29, 0.717) is 19.3 Å². The first kappa shape index (κ1) is 72.4. The van der Waals surface area contributed by atoms with Gasteiger partial charge >= 0.3 is 25.7 Å². The SMILES string of the molecule is CC/C=C\C/C=C\C/C=C\C/C=C\CCCCCCC(=O)OC(COC(=O)CCCCCCC/C=C\CCCCCCCC)COP(=O)(O)OCC(CO)OC(=O)CCCCCCCCC/C=C\C/C=C\C/C=C\CC. The second-order valence-corrected chi connectivity index (χ2v) is 21.2. The summed E-state index contributed by atoms with van der Waals surface area (Å²) in [5.74, 6) is -1.51. The van der Waals surface area contributed by atoms with E-state index in [0.717, 1.165) is 141 Å². The van der Waals surface area contributed by atoms with Gasteiger partial charge in [0.05, 0.1) is 19.8 Å². The molecule has 0 saturated heterocycles. The summed E-state index contributed by atoms with van der Waals surface area (Å²) in [5, 5.41) is 9.83. The summed E-state index contributed by atoms with van der Waals surface area (Å²) in [6, 6.07) is 0. The molecule has 0 heterocycles. The number of carbonyl (C=O) groups is 3. The number of phosphoric ester groups is 1. The van der Waals surface area contributed by atoms with Crippen LogP contribution in [0.15, 0.2) is 97.2 Å². The first-order valence-electron chi connectivity index (χ1n) is 30.1. The average Bonchev–Trinajstić information content (AvgIpc) is 3.41. The van der Waals surface area contributed by atoms with Crippen LogP contribution >= 0.6 is 7.82 Å². The number of unbranched alkanes of at least 4 members (excludes halogenated alkanes) is 22. The molecule has 0 spiro atoms. The molecule has 76 heavy (non-hydrogen) atoms. The van der Waals surface area contributed by atoms with Gasteiger partial charge in [-0.05, 0) is 116 Å². The molecule has 0 saturated carbocycles. The molecule has 0 aromatic rings. The van der Waals surface area contributed by atoms with Crippen LogP contribution in [-0.4, -0.2) is 66.5 Å². The van der Waals surface area contributed by atoms with Gasteiger partial charge in [-0.3, -0.25) is 23.4 Å². The van der Waals surface area contributed by atoms with Gasteiger partial charge in [-0.2, -0.15) is 0 Å². The Labute approximate surface area is 463 Å². The van der Waals surface area contributed by atoms with E-state index in [9.17, 15) is 28.9 Å². The standard InChI is InChI=1S/C64H109O11P/c1-4-7-10-13-16-19-22-25-28-30-33-36-39-42-45-48-51-54-63(67)74-60(56-65)58-72-76(69,70)73-59-61(57-71-62(66)53-50-47-44-41-38-35-32-27-24-21-18-15-12-9-6-3)75-64(68)55-52-49-46-43-40-37-34-31-29-26-23-20-17-14-11-8-5-2/h7-8,10-11,16-17,19-20,25-29,32,34,37,60-61,65H,4-6,9,12-15,18,21-24,30-31,33,35-36,38-59H2,1-3H3,(H,69,70)/b10-7-,11-8-,19-16-,20-17-,28-25-,29-26-,32-27-,37-34-. The lowest BCUT2D eigenvalue weighted by Gasteiger charge is -2.21. The Morgan fingerprint density at radius 2 is 0.684 bits per heavy atom. The van der Waals surface area contributed by atoms with Crippen LogP contribution in [0.3, 0.4) is 0 Å². The number of ether oxygens (including phenoxy) is 3. The van der Waals surface area contributed by atoms with Crippen molar-refractivity contribution in [3.63, 3.8) is 0 Å². The van der Waals surface area contributed by atoms with E-state index in [2.05, 4.69) is 118 Å². The molecular formula is C64H109O11P. The van der Waals surface area contributed by atoms with E-state index in [1.807, 2.05) is 0 Å². The maximum Gasteiger partial charge on any atom is 0.472 e. The molecule has 0 rings (SSSR count). The third-order valence-corrected chi connectivity index (χ3v) is 13.4. The molecule has 3 atom stereocenters. The van der Waals surface area contributed by atoms with Crippen molar-refractivity contribution in [1.29, 1.82) is 0 Å². The average molecular weight is 1090 g/mol. The van der Waals surface area contributed by atoms with Crippen molar-refractivity contribution in [2.75, 3.05) is 26.4 Å². The predicted octanol–water partition coefficient (Wildman–Crippen LogP) is 18.0. The van der Waals surface area contributed by atoms with Gasteiger partial charge < -0.3 is 24.2 Å². The zero-order chi connectivity index (χ0) is 55.5. The van der Waals surface area contributed by atoms with Gasteiger partial charge in [-0.1, -0.05) is 214 Å². The molecule has 0 bridgehead atoms. The van der Waals surface area contributed by atoms with Crippen LogP contribution in [0.2, 0.25) is 0 Å². The van der Waals surface area contributed by atoms with Crippen LogP contribution in [0.4, 0.5) is 0 Å². The summed E-state index contributed by atoms with van der Waals surface area (Å²) in [5.41, 5.74) is 0. The molecule has 0 aliphatic heterocycles. The molecule has 0 aromatic carbocycles. The van der Waals surface area contributed by atoms with Crippen molar-refractivity contribution < 1.29 is 52.2 Å². The predicted molar refractivity (Wildman–Crippen MR) is 316 cm³/mol. The highest BCUT2D eigenvalue weighted by Gasteiger charge is 2.28. The van der Waals surface area contributed by atoms with E-state index < -0.39 is 57.8 Å². The molecule has 0 aliphatic rings. The number of esters is 3. The monoisotopic (exact) mass is 1080 g/mol. The molecule has 0 aliphatic carbocycles. The van der Waals surface area contributed by atoms with Crippen LogP contribution in [-0.2, 0) is 42.2 Å². The highest BCUT2D eigenvalue weighted by Crippen LogP contribution is 2.43. The van der Waals surface area contributed by atoms with Crippen molar-refractivity contribution in [1.82, 2.24) is 0 Å². The number of phosphoric acid groups is 1. The Balaban J connectivity index is 4.76. The number of allylic oxidation sites excluding steroid dienone is 16. The van der Waals surface area contributed by atoms with Crippen LogP contribution < -0.4 is 0 Å². The smallest absolute Gasteiger partial charge is 0.462 e. The van der Waals surface area contributed by atoms with Crippen LogP contribution in [0.5, 0.6) is 0 Å². The molecule has 436 valence electrons. The highest BCUT2D eigenvalue weighted by atomic mass is 31.2. The zero-order valence-corrected chi connectivity index (χ0v) is 49.1. The summed E-state index contributed by atoms with van der Waals surface area (Å²) in [6.07, 6.45) is 67.8. The van der Waals surface area contributed by atoms with Crippen molar-refractivity contribution in [2.24, 2.45) is 0 Å². The van der Waals surface area contributed by atoms with E-state index in [-0.39, 0.29) is 25.9 Å². The lowest BCUT2D eigenvalue weighted by atomic mass is 10.1. The second-order valence-electron chi connectivity index (χ2n) is 19.7. The first-order chi connectivity index (χ1) is 37.2. The molecular weight excluding hydrogens is 976 g/mol. The molecule has 0 fully saturated rings. The second kappa shape index (κ2) is 57.6. The van der Waals surface area contributed by atoms with Crippen molar-refractivity contribution >= 4 is 25.7 Å². The van der Waals surface area contributed by atoms with Crippen LogP contribution in [0.25, 0.3) is 0 Å². The number of hydrogen-bond donors (Lipinski definition) is 2. The molecule has 2 N–H and O–H groups in total. The minimum atomic E-state index is -4.77. The molecule has 11 nitrogen and oxygen atoms in total. The van der Waals surface area contributed by atoms with Crippen molar-refractivity contribution in [3.05, 3.63) is 97.2 Å².